The highest BCUT2D eigenvalue weighted by Crippen LogP contribution is 2.32. The van der Waals surface area contributed by atoms with Crippen molar-refractivity contribution in [2.75, 3.05) is 0 Å². The second-order valence-electron chi connectivity index (χ2n) is 2.06. The molecular weight excluding hydrogens is 186 g/mol. The molecule has 2 unspecified atom stereocenters. The molecular formula is C6H6F6. The first-order valence-electron chi connectivity index (χ1n) is 2.90. The van der Waals surface area contributed by atoms with E-state index in [1.165, 1.54) is 0 Å². The first-order chi connectivity index (χ1) is 5.34. The maximum atomic E-state index is 12.1. The lowest BCUT2D eigenvalue weighted by Gasteiger charge is -2.20. The summed E-state index contributed by atoms with van der Waals surface area (Å²) in [6.07, 6.45) is -10.3. The van der Waals surface area contributed by atoms with Gasteiger partial charge in [-0.15, -0.1) is 6.58 Å². The van der Waals surface area contributed by atoms with Gasteiger partial charge in [0, 0.05) is 0 Å². The molecule has 0 nitrogen and oxygen atoms in total. The number of alkyl halides is 6. The Morgan fingerprint density at radius 2 is 1.50 bits per heavy atom. The van der Waals surface area contributed by atoms with Gasteiger partial charge in [-0.1, -0.05) is 6.08 Å². The van der Waals surface area contributed by atoms with Crippen molar-refractivity contribution < 1.29 is 26.3 Å². The van der Waals surface area contributed by atoms with Gasteiger partial charge in [-0.05, 0) is 0 Å². The van der Waals surface area contributed by atoms with Gasteiger partial charge in [0.25, 0.3) is 0 Å². The zero-order valence-corrected chi connectivity index (χ0v) is 5.78. The lowest BCUT2D eigenvalue weighted by atomic mass is 10.1. The first-order valence-corrected chi connectivity index (χ1v) is 2.90. The number of allylic oxidation sites excluding steroid dienone is 1. The predicted molar refractivity (Wildman–Crippen MR) is 30.9 cm³/mol. The van der Waals surface area contributed by atoms with Crippen molar-refractivity contribution in [3.05, 3.63) is 12.7 Å². The largest absolute Gasteiger partial charge is 0.341 e. The molecule has 0 spiro atoms. The summed E-state index contributed by atoms with van der Waals surface area (Å²) >= 11 is 0. The fourth-order valence-corrected chi connectivity index (χ4v) is 0.452. The first kappa shape index (κ1) is 11.3. The number of rotatable bonds is 4. The van der Waals surface area contributed by atoms with Gasteiger partial charge in [-0.3, -0.25) is 0 Å². The molecule has 0 aromatic rings. The third kappa shape index (κ3) is 2.15. The quantitative estimate of drug-likeness (QED) is 0.474. The van der Waals surface area contributed by atoms with E-state index in [0.29, 0.717) is 0 Å². The van der Waals surface area contributed by atoms with Gasteiger partial charge in [0.1, 0.15) is 0 Å². The Bertz CT molecular complexity index is 154. The highest BCUT2D eigenvalue weighted by Gasteiger charge is 2.52. The van der Waals surface area contributed by atoms with Crippen LogP contribution in [-0.2, 0) is 0 Å². The minimum atomic E-state index is -4.96. The predicted octanol–water partition coefficient (Wildman–Crippen LogP) is 2.75. The van der Waals surface area contributed by atoms with E-state index in [-0.39, 0.29) is 6.08 Å². The normalized spacial score (nSPS) is 17.6. The Morgan fingerprint density at radius 1 is 1.08 bits per heavy atom. The van der Waals surface area contributed by atoms with E-state index < -0.39 is 24.7 Å². The molecule has 72 valence electrons. The third-order valence-corrected chi connectivity index (χ3v) is 1.16. The second kappa shape index (κ2) is 3.82. The number of hydrogen-bond acceptors (Lipinski definition) is 0. The molecule has 0 radical (unpaired) electrons. The van der Waals surface area contributed by atoms with E-state index in [9.17, 15) is 26.3 Å². The van der Waals surface area contributed by atoms with E-state index in [1.54, 1.807) is 0 Å². The Hall–Kier alpha value is -0.680. The molecule has 2 atom stereocenters. The molecule has 0 aliphatic rings. The van der Waals surface area contributed by atoms with Crippen LogP contribution in [0.5, 0.6) is 0 Å². The summed E-state index contributed by atoms with van der Waals surface area (Å²) in [5, 5.41) is 0. The van der Waals surface area contributed by atoms with Crippen LogP contribution in [0.1, 0.15) is 0 Å². The van der Waals surface area contributed by atoms with Crippen molar-refractivity contribution in [2.24, 2.45) is 0 Å². The molecule has 0 heterocycles. The van der Waals surface area contributed by atoms with E-state index >= 15 is 0 Å². The van der Waals surface area contributed by atoms with Crippen molar-refractivity contribution in [1.29, 1.82) is 0 Å². The van der Waals surface area contributed by atoms with Crippen molar-refractivity contribution in [1.82, 2.24) is 0 Å². The fourth-order valence-electron chi connectivity index (χ4n) is 0.452. The van der Waals surface area contributed by atoms with E-state index in [0.717, 1.165) is 0 Å². The van der Waals surface area contributed by atoms with E-state index in [2.05, 4.69) is 6.58 Å². The summed E-state index contributed by atoms with van der Waals surface area (Å²) in [6, 6.07) is 0. The Labute approximate surface area is 64.9 Å². The minimum absolute atomic E-state index is 0.209. The summed E-state index contributed by atoms with van der Waals surface area (Å²) in [5.41, 5.74) is 0. The molecule has 0 rings (SSSR count). The lowest BCUT2D eigenvalue weighted by Crippen LogP contribution is -2.42. The van der Waals surface area contributed by atoms with Crippen LogP contribution in [0, 0.1) is 0 Å². The van der Waals surface area contributed by atoms with Gasteiger partial charge in [0.05, 0.1) is 0 Å². The molecule has 0 amide bonds. The fraction of sp³-hybridized carbons (Fsp3) is 0.667. The summed E-state index contributed by atoms with van der Waals surface area (Å²) in [5.74, 6) is -4.96. The van der Waals surface area contributed by atoms with Crippen LogP contribution in [0.4, 0.5) is 26.3 Å². The van der Waals surface area contributed by atoms with Crippen molar-refractivity contribution in [2.45, 2.75) is 24.7 Å². The second-order valence-corrected chi connectivity index (χ2v) is 2.06. The van der Waals surface area contributed by atoms with Crippen LogP contribution in [0.2, 0.25) is 0 Å². The van der Waals surface area contributed by atoms with Crippen LogP contribution in [0.25, 0.3) is 0 Å². The maximum Gasteiger partial charge on any atom is 0.341 e. The number of hydrogen-bond donors (Lipinski definition) is 0. The van der Waals surface area contributed by atoms with Crippen LogP contribution in [0.3, 0.4) is 0 Å². The smallest absolute Gasteiger partial charge is 0.239 e. The Kier molecular flexibility index (Phi) is 3.60. The highest BCUT2D eigenvalue weighted by atomic mass is 19.3. The molecule has 12 heavy (non-hydrogen) atoms. The zero-order chi connectivity index (χ0) is 9.94. The van der Waals surface area contributed by atoms with Gasteiger partial charge in [-0.25, -0.2) is 17.6 Å². The summed E-state index contributed by atoms with van der Waals surface area (Å²) in [4.78, 5) is 0. The summed E-state index contributed by atoms with van der Waals surface area (Å²) < 4.78 is 70.9. The van der Waals surface area contributed by atoms with Crippen LogP contribution in [-0.4, -0.2) is 24.7 Å². The average Bonchev–Trinajstić information content (AvgIpc) is 2.01. The van der Waals surface area contributed by atoms with Gasteiger partial charge in [0.15, 0.2) is 6.17 Å². The maximum absolute atomic E-state index is 12.1. The topological polar surface area (TPSA) is 0 Å². The molecule has 0 aromatic carbocycles. The summed E-state index contributed by atoms with van der Waals surface area (Å²) in [6.45, 7) is 2.66. The monoisotopic (exact) mass is 192 g/mol. The third-order valence-electron chi connectivity index (χ3n) is 1.16. The van der Waals surface area contributed by atoms with Gasteiger partial charge in [0.2, 0.25) is 6.17 Å². The van der Waals surface area contributed by atoms with Gasteiger partial charge >= 0.3 is 12.3 Å². The molecule has 0 N–H and O–H groups in total. The van der Waals surface area contributed by atoms with Gasteiger partial charge in [-0.2, -0.15) is 8.78 Å². The molecule has 0 aliphatic carbocycles. The number of halogens is 6. The van der Waals surface area contributed by atoms with E-state index in [4.69, 9.17) is 0 Å². The summed E-state index contributed by atoms with van der Waals surface area (Å²) in [7, 11) is 0. The lowest BCUT2D eigenvalue weighted by molar-refractivity contribution is -0.180. The molecule has 0 saturated carbocycles. The minimum Gasteiger partial charge on any atom is -0.239 e. The highest BCUT2D eigenvalue weighted by molar-refractivity contribution is 4.93. The Balaban J connectivity index is 4.44. The molecule has 0 bridgehead atoms. The SMILES string of the molecule is C=CC(F)C(F)C(F)(F)C(F)F. The van der Waals surface area contributed by atoms with Gasteiger partial charge < -0.3 is 0 Å². The molecule has 0 aliphatic heterocycles. The molecule has 6 heteroatoms. The standard InChI is InChI=1S/C6H6F6/c1-2-3(7)4(8)6(11,12)5(9)10/h2-5H,1H2. The molecule has 0 saturated heterocycles. The van der Waals surface area contributed by atoms with Crippen LogP contribution >= 0.6 is 0 Å². The van der Waals surface area contributed by atoms with Crippen LogP contribution < -0.4 is 0 Å². The van der Waals surface area contributed by atoms with Crippen molar-refractivity contribution in [3.63, 3.8) is 0 Å². The zero-order valence-electron chi connectivity index (χ0n) is 5.78. The molecule has 0 aromatic heterocycles. The Morgan fingerprint density at radius 3 is 1.75 bits per heavy atom. The molecule has 0 fully saturated rings. The average molecular weight is 192 g/mol. The van der Waals surface area contributed by atoms with Crippen molar-refractivity contribution in [3.8, 4) is 0 Å². The van der Waals surface area contributed by atoms with E-state index in [1.807, 2.05) is 0 Å². The van der Waals surface area contributed by atoms with Crippen LogP contribution in [0.15, 0.2) is 12.7 Å². The van der Waals surface area contributed by atoms with Crippen molar-refractivity contribution >= 4 is 0 Å².